The van der Waals surface area contributed by atoms with Crippen LogP contribution in [0, 0.1) is 5.92 Å². The molecule has 0 spiro atoms. The standard InChI is InChI=1S/C13H18N2O2/c1-8(2)12-7-14-11-6-9(17-3)4-5-10(11)13(16)15-12/h4-6,8,12,14H,7H2,1-3H3,(H,15,16). The second-order valence-corrected chi connectivity index (χ2v) is 4.62. The van der Waals surface area contributed by atoms with Crippen LogP contribution in [-0.2, 0) is 0 Å². The Morgan fingerprint density at radius 2 is 2.18 bits per heavy atom. The van der Waals surface area contributed by atoms with Gasteiger partial charge in [-0.05, 0) is 18.1 Å². The molecule has 0 fully saturated rings. The number of carbonyl (C=O) groups is 1. The van der Waals surface area contributed by atoms with Crippen LogP contribution in [0.3, 0.4) is 0 Å². The van der Waals surface area contributed by atoms with Crippen molar-refractivity contribution in [3.8, 4) is 5.75 Å². The predicted octanol–water partition coefficient (Wildman–Crippen LogP) is 1.88. The van der Waals surface area contributed by atoms with E-state index in [0.717, 1.165) is 18.0 Å². The van der Waals surface area contributed by atoms with Crippen LogP contribution in [0.5, 0.6) is 5.75 Å². The van der Waals surface area contributed by atoms with E-state index in [1.807, 2.05) is 6.07 Å². The SMILES string of the molecule is COc1ccc2c(c1)NCC(C(C)C)NC2=O. The normalized spacial score (nSPS) is 19.1. The molecule has 2 rings (SSSR count). The quantitative estimate of drug-likeness (QED) is 0.821. The maximum Gasteiger partial charge on any atom is 0.253 e. The zero-order valence-electron chi connectivity index (χ0n) is 10.4. The second kappa shape index (κ2) is 4.65. The minimum Gasteiger partial charge on any atom is -0.497 e. The molecule has 1 aliphatic heterocycles. The first-order chi connectivity index (χ1) is 8.11. The Kier molecular flexibility index (Phi) is 3.22. The molecular weight excluding hydrogens is 216 g/mol. The Balaban J connectivity index is 2.30. The summed E-state index contributed by atoms with van der Waals surface area (Å²) in [6, 6.07) is 5.60. The highest BCUT2D eigenvalue weighted by atomic mass is 16.5. The first-order valence-corrected chi connectivity index (χ1v) is 5.84. The fraction of sp³-hybridized carbons (Fsp3) is 0.462. The Morgan fingerprint density at radius 1 is 1.41 bits per heavy atom. The minimum atomic E-state index is -0.0219. The van der Waals surface area contributed by atoms with Crippen molar-refractivity contribution in [3.05, 3.63) is 23.8 Å². The van der Waals surface area contributed by atoms with E-state index in [2.05, 4.69) is 24.5 Å². The molecular formula is C13H18N2O2. The van der Waals surface area contributed by atoms with Crippen molar-refractivity contribution in [2.45, 2.75) is 19.9 Å². The van der Waals surface area contributed by atoms with Gasteiger partial charge >= 0.3 is 0 Å². The molecule has 2 N–H and O–H groups in total. The van der Waals surface area contributed by atoms with Crippen LogP contribution in [0.4, 0.5) is 5.69 Å². The number of anilines is 1. The maximum atomic E-state index is 12.0. The molecule has 1 aromatic rings. The lowest BCUT2D eigenvalue weighted by atomic mass is 10.0. The smallest absolute Gasteiger partial charge is 0.253 e. The molecule has 1 atom stereocenters. The lowest BCUT2D eigenvalue weighted by molar-refractivity contribution is 0.0933. The molecule has 1 aliphatic rings. The van der Waals surface area contributed by atoms with E-state index in [1.165, 1.54) is 0 Å². The summed E-state index contributed by atoms with van der Waals surface area (Å²) in [4.78, 5) is 12.0. The highest BCUT2D eigenvalue weighted by molar-refractivity contribution is 6.00. The first-order valence-electron chi connectivity index (χ1n) is 5.84. The summed E-state index contributed by atoms with van der Waals surface area (Å²) in [7, 11) is 1.62. The zero-order valence-corrected chi connectivity index (χ0v) is 10.4. The molecule has 1 aromatic carbocycles. The van der Waals surface area contributed by atoms with Crippen molar-refractivity contribution in [2.75, 3.05) is 19.0 Å². The molecule has 1 amide bonds. The summed E-state index contributed by atoms with van der Waals surface area (Å²) in [6.07, 6.45) is 0. The molecule has 17 heavy (non-hydrogen) atoms. The summed E-state index contributed by atoms with van der Waals surface area (Å²) in [6.45, 7) is 4.94. The number of fused-ring (bicyclic) bond motifs is 1. The molecule has 0 saturated heterocycles. The highest BCUT2D eigenvalue weighted by Crippen LogP contribution is 2.24. The molecule has 4 nitrogen and oxygen atoms in total. The Morgan fingerprint density at radius 3 is 2.82 bits per heavy atom. The first kappa shape index (κ1) is 11.8. The summed E-state index contributed by atoms with van der Waals surface area (Å²) < 4.78 is 5.16. The van der Waals surface area contributed by atoms with Crippen LogP contribution in [0.15, 0.2) is 18.2 Å². The van der Waals surface area contributed by atoms with Crippen LogP contribution < -0.4 is 15.4 Å². The molecule has 1 heterocycles. The molecule has 4 heteroatoms. The third-order valence-electron chi connectivity index (χ3n) is 3.11. The number of ether oxygens (including phenoxy) is 1. The van der Waals surface area contributed by atoms with Gasteiger partial charge in [0.25, 0.3) is 5.91 Å². The fourth-order valence-electron chi connectivity index (χ4n) is 1.91. The van der Waals surface area contributed by atoms with Gasteiger partial charge in [-0.2, -0.15) is 0 Å². The Labute approximate surface area is 101 Å². The predicted molar refractivity (Wildman–Crippen MR) is 67.6 cm³/mol. The molecule has 0 aromatic heterocycles. The van der Waals surface area contributed by atoms with E-state index < -0.39 is 0 Å². The van der Waals surface area contributed by atoms with Gasteiger partial charge in [-0.25, -0.2) is 0 Å². The van der Waals surface area contributed by atoms with Crippen LogP contribution in [-0.4, -0.2) is 25.6 Å². The van der Waals surface area contributed by atoms with Crippen molar-refractivity contribution < 1.29 is 9.53 Å². The van der Waals surface area contributed by atoms with Gasteiger partial charge in [0.15, 0.2) is 0 Å². The average Bonchev–Trinajstić information content (AvgIpc) is 2.48. The van der Waals surface area contributed by atoms with Gasteiger partial charge in [-0.3, -0.25) is 4.79 Å². The van der Waals surface area contributed by atoms with Crippen molar-refractivity contribution in [1.82, 2.24) is 5.32 Å². The number of amides is 1. The number of rotatable bonds is 2. The lowest BCUT2D eigenvalue weighted by Gasteiger charge is -2.19. The molecule has 0 bridgehead atoms. The van der Waals surface area contributed by atoms with Crippen molar-refractivity contribution >= 4 is 11.6 Å². The molecule has 0 saturated carbocycles. The van der Waals surface area contributed by atoms with Gasteiger partial charge in [0.05, 0.1) is 18.4 Å². The van der Waals surface area contributed by atoms with Gasteiger partial charge < -0.3 is 15.4 Å². The van der Waals surface area contributed by atoms with E-state index >= 15 is 0 Å². The van der Waals surface area contributed by atoms with Crippen LogP contribution in [0.2, 0.25) is 0 Å². The Hall–Kier alpha value is -1.71. The van der Waals surface area contributed by atoms with Gasteiger partial charge in [0.2, 0.25) is 0 Å². The third-order valence-corrected chi connectivity index (χ3v) is 3.11. The Bertz CT molecular complexity index is 429. The largest absolute Gasteiger partial charge is 0.497 e. The molecule has 1 unspecified atom stereocenters. The van der Waals surface area contributed by atoms with Crippen LogP contribution >= 0.6 is 0 Å². The van der Waals surface area contributed by atoms with E-state index in [0.29, 0.717) is 11.5 Å². The summed E-state index contributed by atoms with van der Waals surface area (Å²) >= 11 is 0. The molecule has 0 radical (unpaired) electrons. The van der Waals surface area contributed by atoms with Crippen molar-refractivity contribution in [1.29, 1.82) is 0 Å². The van der Waals surface area contributed by atoms with Gasteiger partial charge in [0, 0.05) is 18.7 Å². The lowest BCUT2D eigenvalue weighted by Crippen LogP contribution is -2.40. The third kappa shape index (κ3) is 2.35. The summed E-state index contributed by atoms with van der Waals surface area (Å²) in [5.41, 5.74) is 1.51. The number of benzene rings is 1. The second-order valence-electron chi connectivity index (χ2n) is 4.62. The highest BCUT2D eigenvalue weighted by Gasteiger charge is 2.23. The van der Waals surface area contributed by atoms with Gasteiger partial charge in [-0.15, -0.1) is 0 Å². The summed E-state index contributed by atoms with van der Waals surface area (Å²) in [5, 5.41) is 6.33. The number of methoxy groups -OCH3 is 1. The van der Waals surface area contributed by atoms with E-state index in [-0.39, 0.29) is 11.9 Å². The summed E-state index contributed by atoms with van der Waals surface area (Å²) in [5.74, 6) is 1.14. The number of carbonyl (C=O) groups excluding carboxylic acids is 1. The average molecular weight is 234 g/mol. The van der Waals surface area contributed by atoms with Crippen molar-refractivity contribution in [3.63, 3.8) is 0 Å². The van der Waals surface area contributed by atoms with Crippen molar-refractivity contribution in [2.24, 2.45) is 5.92 Å². The molecule has 92 valence electrons. The van der Waals surface area contributed by atoms with Crippen LogP contribution in [0.1, 0.15) is 24.2 Å². The van der Waals surface area contributed by atoms with E-state index in [9.17, 15) is 4.79 Å². The van der Waals surface area contributed by atoms with E-state index in [4.69, 9.17) is 4.74 Å². The monoisotopic (exact) mass is 234 g/mol. The number of nitrogens with one attached hydrogen (secondary N) is 2. The van der Waals surface area contributed by atoms with E-state index in [1.54, 1.807) is 19.2 Å². The number of hydrogen-bond acceptors (Lipinski definition) is 3. The van der Waals surface area contributed by atoms with Gasteiger partial charge in [0.1, 0.15) is 5.75 Å². The topological polar surface area (TPSA) is 50.4 Å². The number of hydrogen-bond donors (Lipinski definition) is 2. The molecule has 0 aliphatic carbocycles. The minimum absolute atomic E-state index is 0.0219. The van der Waals surface area contributed by atoms with Crippen LogP contribution in [0.25, 0.3) is 0 Å². The van der Waals surface area contributed by atoms with Gasteiger partial charge in [-0.1, -0.05) is 13.8 Å². The zero-order chi connectivity index (χ0) is 12.4. The fourth-order valence-corrected chi connectivity index (χ4v) is 1.91. The maximum absolute atomic E-state index is 12.0.